The fourth-order valence-electron chi connectivity index (χ4n) is 2.00. The van der Waals surface area contributed by atoms with Crippen LogP contribution >= 0.6 is 0 Å². The summed E-state index contributed by atoms with van der Waals surface area (Å²) in [5.74, 6) is 1.39. The van der Waals surface area contributed by atoms with Crippen molar-refractivity contribution in [2.75, 3.05) is 30.3 Å². The van der Waals surface area contributed by atoms with Gasteiger partial charge in [0.2, 0.25) is 5.95 Å². The number of nitrogens with one attached hydrogen (secondary N) is 1. The Morgan fingerprint density at radius 3 is 2.75 bits per heavy atom. The molecule has 0 spiro atoms. The third-order valence-electron chi connectivity index (χ3n) is 3.00. The van der Waals surface area contributed by atoms with Crippen molar-refractivity contribution in [2.24, 2.45) is 0 Å². The minimum Gasteiger partial charge on any atom is -0.383 e. The Hall–Kier alpha value is -1.36. The number of nitrogen functional groups attached to an aromatic ring is 1. The first-order valence-corrected chi connectivity index (χ1v) is 5.87. The van der Waals surface area contributed by atoms with E-state index in [9.17, 15) is 0 Å². The average molecular weight is 221 g/mol. The molecule has 0 fully saturated rings. The quantitative estimate of drug-likeness (QED) is 0.780. The van der Waals surface area contributed by atoms with Crippen molar-refractivity contribution in [3.63, 3.8) is 0 Å². The van der Waals surface area contributed by atoms with Crippen LogP contribution in [0.5, 0.6) is 0 Å². The van der Waals surface area contributed by atoms with Crippen LogP contribution in [0.3, 0.4) is 0 Å². The average Bonchev–Trinajstić information content (AvgIpc) is 2.31. The van der Waals surface area contributed by atoms with Gasteiger partial charge in [0.15, 0.2) is 0 Å². The molecule has 0 saturated carbocycles. The summed E-state index contributed by atoms with van der Waals surface area (Å²) >= 11 is 0. The Morgan fingerprint density at radius 1 is 1.31 bits per heavy atom. The molecule has 1 aliphatic heterocycles. The maximum absolute atomic E-state index is 5.97. The first-order chi connectivity index (χ1) is 7.76. The lowest BCUT2D eigenvalue weighted by molar-refractivity contribution is 0.625. The molecule has 1 aromatic heterocycles. The Balaban J connectivity index is 2.38. The molecule has 88 valence electrons. The van der Waals surface area contributed by atoms with E-state index in [4.69, 9.17) is 5.73 Å². The normalized spacial score (nSPS) is 14.6. The predicted octanol–water partition coefficient (Wildman–Crippen LogP) is 0.551. The zero-order valence-corrected chi connectivity index (χ0v) is 9.95. The summed E-state index contributed by atoms with van der Waals surface area (Å²) in [4.78, 5) is 11.1. The number of aromatic nitrogens is 2. The molecular weight excluding hydrogens is 202 g/mol. The molecule has 5 nitrogen and oxygen atoms in total. The van der Waals surface area contributed by atoms with E-state index in [1.54, 1.807) is 0 Å². The molecule has 0 radical (unpaired) electrons. The molecule has 0 aliphatic carbocycles. The van der Waals surface area contributed by atoms with Gasteiger partial charge in [-0.25, -0.2) is 4.98 Å². The van der Waals surface area contributed by atoms with Gasteiger partial charge < -0.3 is 16.0 Å². The van der Waals surface area contributed by atoms with Gasteiger partial charge in [-0.3, -0.25) is 0 Å². The first kappa shape index (κ1) is 11.1. The highest BCUT2D eigenvalue weighted by Gasteiger charge is 2.17. The van der Waals surface area contributed by atoms with Crippen LogP contribution in [0.2, 0.25) is 0 Å². The van der Waals surface area contributed by atoms with Gasteiger partial charge in [0.25, 0.3) is 0 Å². The number of hydrogen-bond acceptors (Lipinski definition) is 5. The van der Waals surface area contributed by atoms with E-state index in [-0.39, 0.29) is 0 Å². The summed E-state index contributed by atoms with van der Waals surface area (Å²) in [5.41, 5.74) is 8.15. The largest absolute Gasteiger partial charge is 0.383 e. The van der Waals surface area contributed by atoms with Gasteiger partial charge >= 0.3 is 0 Å². The summed E-state index contributed by atoms with van der Waals surface area (Å²) in [5, 5.41) is 3.28. The SMILES string of the molecule is CCN(CC)c1nc(N)c2c(n1)CCNC2. The molecule has 1 aromatic rings. The molecule has 0 aromatic carbocycles. The molecule has 2 rings (SSSR count). The fraction of sp³-hybridized carbons (Fsp3) is 0.636. The second-order valence-electron chi connectivity index (χ2n) is 3.93. The number of hydrogen-bond donors (Lipinski definition) is 2. The molecule has 0 atom stereocenters. The molecule has 5 heteroatoms. The zero-order valence-electron chi connectivity index (χ0n) is 9.95. The summed E-state index contributed by atoms with van der Waals surface area (Å²) in [6, 6.07) is 0. The van der Waals surface area contributed by atoms with Crippen molar-refractivity contribution in [2.45, 2.75) is 26.8 Å². The van der Waals surface area contributed by atoms with Gasteiger partial charge in [-0.05, 0) is 13.8 Å². The van der Waals surface area contributed by atoms with Gasteiger partial charge in [-0.1, -0.05) is 0 Å². The third kappa shape index (κ3) is 1.95. The smallest absolute Gasteiger partial charge is 0.227 e. The zero-order chi connectivity index (χ0) is 11.5. The number of rotatable bonds is 3. The van der Waals surface area contributed by atoms with Crippen molar-refractivity contribution in [3.05, 3.63) is 11.3 Å². The third-order valence-corrected chi connectivity index (χ3v) is 3.00. The van der Waals surface area contributed by atoms with Crippen LogP contribution in [0.25, 0.3) is 0 Å². The number of nitrogens with two attached hydrogens (primary N) is 1. The Kier molecular flexibility index (Phi) is 3.24. The van der Waals surface area contributed by atoms with Gasteiger partial charge in [0.1, 0.15) is 5.82 Å². The van der Waals surface area contributed by atoms with E-state index in [1.807, 2.05) is 0 Å². The highest BCUT2D eigenvalue weighted by molar-refractivity contribution is 5.48. The number of anilines is 2. The van der Waals surface area contributed by atoms with E-state index in [1.165, 1.54) is 0 Å². The standard InChI is InChI=1S/C11H19N5/c1-3-16(4-2)11-14-9-5-6-13-7-8(9)10(12)15-11/h13H,3-7H2,1-2H3,(H2,12,14,15). The van der Waals surface area contributed by atoms with Crippen LogP contribution in [0.15, 0.2) is 0 Å². The first-order valence-electron chi connectivity index (χ1n) is 5.87. The molecule has 0 unspecified atom stereocenters. The van der Waals surface area contributed by atoms with E-state index in [0.717, 1.165) is 49.8 Å². The maximum atomic E-state index is 5.97. The maximum Gasteiger partial charge on any atom is 0.227 e. The van der Waals surface area contributed by atoms with Crippen LogP contribution < -0.4 is 16.0 Å². The molecule has 2 heterocycles. The van der Waals surface area contributed by atoms with E-state index >= 15 is 0 Å². The van der Waals surface area contributed by atoms with Crippen LogP contribution in [0, 0.1) is 0 Å². The summed E-state index contributed by atoms with van der Waals surface area (Å²) in [6.45, 7) is 7.79. The topological polar surface area (TPSA) is 67.1 Å². The number of fused-ring (bicyclic) bond motifs is 1. The van der Waals surface area contributed by atoms with Gasteiger partial charge in [0.05, 0.1) is 5.69 Å². The van der Waals surface area contributed by atoms with Crippen molar-refractivity contribution < 1.29 is 0 Å². The minimum absolute atomic E-state index is 0.624. The molecule has 0 amide bonds. The second-order valence-corrected chi connectivity index (χ2v) is 3.93. The molecular formula is C11H19N5. The van der Waals surface area contributed by atoms with Crippen LogP contribution in [-0.2, 0) is 13.0 Å². The van der Waals surface area contributed by atoms with Crippen molar-refractivity contribution in [1.82, 2.24) is 15.3 Å². The van der Waals surface area contributed by atoms with E-state index < -0.39 is 0 Å². The molecule has 3 N–H and O–H groups in total. The Bertz CT molecular complexity index is 373. The Labute approximate surface area is 96.1 Å². The van der Waals surface area contributed by atoms with E-state index in [0.29, 0.717) is 5.82 Å². The molecule has 1 aliphatic rings. The lowest BCUT2D eigenvalue weighted by Crippen LogP contribution is -2.29. The highest BCUT2D eigenvalue weighted by atomic mass is 15.3. The van der Waals surface area contributed by atoms with Crippen LogP contribution in [0.1, 0.15) is 25.1 Å². The summed E-state index contributed by atoms with van der Waals surface area (Å²) in [6.07, 6.45) is 0.941. The van der Waals surface area contributed by atoms with Crippen molar-refractivity contribution in [1.29, 1.82) is 0 Å². The van der Waals surface area contributed by atoms with Crippen molar-refractivity contribution >= 4 is 11.8 Å². The van der Waals surface area contributed by atoms with Crippen LogP contribution in [0.4, 0.5) is 11.8 Å². The van der Waals surface area contributed by atoms with Gasteiger partial charge in [0, 0.05) is 38.2 Å². The molecule has 16 heavy (non-hydrogen) atoms. The Morgan fingerprint density at radius 2 is 2.06 bits per heavy atom. The van der Waals surface area contributed by atoms with Crippen molar-refractivity contribution in [3.8, 4) is 0 Å². The lowest BCUT2D eigenvalue weighted by atomic mass is 10.1. The van der Waals surface area contributed by atoms with E-state index in [2.05, 4.69) is 34.0 Å². The predicted molar refractivity (Wildman–Crippen MR) is 65.4 cm³/mol. The minimum atomic E-state index is 0.624. The van der Waals surface area contributed by atoms with Gasteiger partial charge in [-0.15, -0.1) is 0 Å². The second kappa shape index (κ2) is 4.65. The fourth-order valence-corrected chi connectivity index (χ4v) is 2.00. The lowest BCUT2D eigenvalue weighted by Gasteiger charge is -2.23. The summed E-state index contributed by atoms with van der Waals surface area (Å²) < 4.78 is 0. The van der Waals surface area contributed by atoms with Crippen LogP contribution in [-0.4, -0.2) is 29.6 Å². The number of nitrogens with zero attached hydrogens (tertiary/aromatic N) is 3. The summed E-state index contributed by atoms with van der Waals surface area (Å²) in [7, 11) is 0. The molecule has 0 bridgehead atoms. The van der Waals surface area contributed by atoms with Gasteiger partial charge in [-0.2, -0.15) is 4.98 Å². The monoisotopic (exact) mass is 221 g/mol. The highest BCUT2D eigenvalue weighted by Crippen LogP contribution is 2.20. The molecule has 0 saturated heterocycles.